The molecule has 0 amide bonds. The number of H-pyrrole nitrogens is 1. The number of hydrogen-bond acceptors (Lipinski definition) is 4. The molecule has 1 N–H and O–H groups in total. The average molecular weight is 327 g/mol. The number of fused-ring (bicyclic) bond motifs is 2. The van der Waals surface area contributed by atoms with Crippen LogP contribution in [0.25, 0.3) is 33.7 Å². The molecule has 4 aromatic rings. The fourth-order valence-electron chi connectivity index (χ4n) is 2.75. The minimum absolute atomic E-state index is 0.179. The van der Waals surface area contributed by atoms with Gasteiger partial charge in [-0.2, -0.15) is 5.26 Å². The van der Waals surface area contributed by atoms with Gasteiger partial charge in [0.25, 0.3) is 0 Å². The number of aromatic amines is 1. The quantitative estimate of drug-likeness (QED) is 0.563. The maximum Gasteiger partial charge on any atom is 0.199 e. The number of nitrogens with one attached hydrogen (secondary N) is 1. The van der Waals surface area contributed by atoms with Crippen LogP contribution >= 0.6 is 0 Å². The van der Waals surface area contributed by atoms with Crippen molar-refractivity contribution >= 4 is 33.7 Å². The van der Waals surface area contributed by atoms with E-state index in [1.54, 1.807) is 24.3 Å². The zero-order valence-corrected chi connectivity index (χ0v) is 13.4. The normalized spacial score (nSPS) is 11.8. The van der Waals surface area contributed by atoms with Crippen molar-refractivity contribution in [3.05, 3.63) is 75.9 Å². The molecule has 0 saturated heterocycles. The number of imidazole rings is 1. The number of nitriles is 1. The molecule has 25 heavy (non-hydrogen) atoms. The van der Waals surface area contributed by atoms with Crippen LogP contribution in [0.2, 0.25) is 0 Å². The summed E-state index contributed by atoms with van der Waals surface area (Å²) in [5.74, 6) is 0.427. The van der Waals surface area contributed by atoms with Crippen molar-refractivity contribution in [1.29, 1.82) is 5.26 Å². The number of aryl methyl sites for hydroxylation is 1. The smallest absolute Gasteiger partial charge is 0.199 e. The van der Waals surface area contributed by atoms with Crippen LogP contribution in [0.5, 0.6) is 0 Å². The zero-order valence-electron chi connectivity index (χ0n) is 13.4. The van der Waals surface area contributed by atoms with E-state index >= 15 is 0 Å². The lowest BCUT2D eigenvalue weighted by Gasteiger charge is -1.98. The fourth-order valence-corrected chi connectivity index (χ4v) is 2.75. The standard InChI is InChI=1S/C20H13N3O2/c1-12-6-7-16-17(8-12)23-20(22-16)13(10-21)9-14-11-25-18-5-3-2-4-15(18)19(14)24/h2-9,11H,1H3,(H,22,23)/b13-9+. The van der Waals surface area contributed by atoms with Crippen molar-refractivity contribution in [3.63, 3.8) is 0 Å². The Hall–Kier alpha value is -3.65. The lowest BCUT2D eigenvalue weighted by atomic mass is 10.1. The summed E-state index contributed by atoms with van der Waals surface area (Å²) < 4.78 is 5.49. The predicted octanol–water partition coefficient (Wildman–Crippen LogP) is 4.04. The second kappa shape index (κ2) is 5.77. The van der Waals surface area contributed by atoms with Crippen LogP contribution in [0.4, 0.5) is 0 Å². The molecule has 0 spiro atoms. The van der Waals surface area contributed by atoms with Gasteiger partial charge in [-0.15, -0.1) is 0 Å². The van der Waals surface area contributed by atoms with Crippen molar-refractivity contribution < 1.29 is 4.42 Å². The topological polar surface area (TPSA) is 82.7 Å². The number of benzene rings is 2. The highest BCUT2D eigenvalue weighted by Gasteiger charge is 2.11. The molecule has 0 aliphatic heterocycles. The number of hydrogen-bond donors (Lipinski definition) is 1. The van der Waals surface area contributed by atoms with Crippen molar-refractivity contribution in [2.75, 3.05) is 0 Å². The number of aromatic nitrogens is 2. The maximum absolute atomic E-state index is 12.6. The highest BCUT2D eigenvalue weighted by molar-refractivity contribution is 5.91. The Bertz CT molecular complexity index is 1240. The van der Waals surface area contributed by atoms with Crippen molar-refractivity contribution in [1.82, 2.24) is 9.97 Å². The zero-order chi connectivity index (χ0) is 17.4. The van der Waals surface area contributed by atoms with Gasteiger partial charge >= 0.3 is 0 Å². The van der Waals surface area contributed by atoms with Gasteiger partial charge in [0.05, 0.1) is 27.6 Å². The van der Waals surface area contributed by atoms with Gasteiger partial charge in [-0.05, 0) is 42.8 Å². The molecular weight excluding hydrogens is 314 g/mol. The van der Waals surface area contributed by atoms with Gasteiger partial charge in [0.15, 0.2) is 5.43 Å². The lowest BCUT2D eigenvalue weighted by molar-refractivity contribution is 0.601. The van der Waals surface area contributed by atoms with E-state index < -0.39 is 0 Å². The monoisotopic (exact) mass is 327 g/mol. The third-order valence-electron chi connectivity index (χ3n) is 4.02. The summed E-state index contributed by atoms with van der Waals surface area (Å²) in [4.78, 5) is 20.1. The van der Waals surface area contributed by atoms with Gasteiger partial charge in [0.2, 0.25) is 0 Å². The molecular formula is C20H13N3O2. The van der Waals surface area contributed by atoms with Gasteiger partial charge in [0, 0.05) is 0 Å². The molecule has 0 bridgehead atoms. The van der Waals surface area contributed by atoms with Crippen LogP contribution in [-0.4, -0.2) is 9.97 Å². The minimum atomic E-state index is -0.179. The first-order chi connectivity index (χ1) is 12.2. The summed E-state index contributed by atoms with van der Waals surface area (Å²) in [5.41, 5.74) is 3.64. The number of rotatable bonds is 2. The van der Waals surface area contributed by atoms with Crippen LogP contribution in [0.3, 0.4) is 0 Å². The fraction of sp³-hybridized carbons (Fsp3) is 0.0500. The van der Waals surface area contributed by atoms with E-state index in [1.807, 2.05) is 25.1 Å². The van der Waals surface area contributed by atoms with Gasteiger partial charge in [-0.3, -0.25) is 4.79 Å². The number of allylic oxidation sites excluding steroid dienone is 1. The molecule has 2 aromatic heterocycles. The number of para-hydroxylation sites is 1. The largest absolute Gasteiger partial charge is 0.463 e. The summed E-state index contributed by atoms with van der Waals surface area (Å²) in [6.07, 6.45) is 2.87. The first-order valence-corrected chi connectivity index (χ1v) is 7.75. The van der Waals surface area contributed by atoms with E-state index in [0.29, 0.717) is 22.4 Å². The van der Waals surface area contributed by atoms with Crippen LogP contribution in [0.1, 0.15) is 17.0 Å². The number of nitrogens with zero attached hydrogens (tertiary/aromatic N) is 2. The van der Waals surface area contributed by atoms with Crippen molar-refractivity contribution in [2.45, 2.75) is 6.92 Å². The first kappa shape index (κ1) is 14.9. The summed E-state index contributed by atoms with van der Waals surface area (Å²) in [5, 5.41) is 9.99. The SMILES string of the molecule is Cc1ccc2nc(/C(C#N)=C/c3coc4ccccc4c3=O)[nH]c2c1. The maximum atomic E-state index is 12.6. The predicted molar refractivity (Wildman–Crippen MR) is 96.8 cm³/mol. The minimum Gasteiger partial charge on any atom is -0.463 e. The Morgan fingerprint density at radius 2 is 2.12 bits per heavy atom. The van der Waals surface area contributed by atoms with Crippen LogP contribution in [0.15, 0.2) is 57.9 Å². The first-order valence-electron chi connectivity index (χ1n) is 7.75. The summed E-state index contributed by atoms with van der Waals surface area (Å²) in [6, 6.07) is 14.9. The molecule has 5 heteroatoms. The van der Waals surface area contributed by atoms with Gasteiger partial charge in [-0.1, -0.05) is 18.2 Å². The van der Waals surface area contributed by atoms with E-state index in [4.69, 9.17) is 4.42 Å². The Balaban J connectivity index is 1.87. The third kappa shape index (κ3) is 2.60. The molecule has 0 aliphatic carbocycles. The van der Waals surface area contributed by atoms with E-state index in [9.17, 15) is 10.1 Å². The summed E-state index contributed by atoms with van der Waals surface area (Å²) in [7, 11) is 0. The van der Waals surface area contributed by atoms with Gasteiger partial charge < -0.3 is 9.40 Å². The van der Waals surface area contributed by atoms with Crippen molar-refractivity contribution in [3.8, 4) is 6.07 Å². The molecule has 5 nitrogen and oxygen atoms in total. The Morgan fingerprint density at radius 1 is 1.28 bits per heavy atom. The highest BCUT2D eigenvalue weighted by Crippen LogP contribution is 2.20. The molecule has 2 aromatic carbocycles. The second-order valence-corrected chi connectivity index (χ2v) is 5.79. The molecule has 0 radical (unpaired) electrons. The van der Waals surface area contributed by atoms with Crippen LogP contribution < -0.4 is 5.43 Å². The third-order valence-corrected chi connectivity index (χ3v) is 4.02. The van der Waals surface area contributed by atoms with Crippen molar-refractivity contribution in [2.24, 2.45) is 0 Å². The second-order valence-electron chi connectivity index (χ2n) is 5.79. The Kier molecular flexibility index (Phi) is 3.44. The van der Waals surface area contributed by atoms with Gasteiger partial charge in [-0.25, -0.2) is 4.98 Å². The molecule has 0 unspecified atom stereocenters. The van der Waals surface area contributed by atoms with Crippen LogP contribution in [0, 0.1) is 18.3 Å². The van der Waals surface area contributed by atoms with E-state index in [1.165, 1.54) is 12.3 Å². The Morgan fingerprint density at radius 3 is 2.96 bits per heavy atom. The summed E-state index contributed by atoms with van der Waals surface area (Å²) >= 11 is 0. The lowest BCUT2D eigenvalue weighted by Crippen LogP contribution is -2.05. The van der Waals surface area contributed by atoms with E-state index in [0.717, 1.165) is 16.6 Å². The molecule has 0 aliphatic rings. The molecule has 4 rings (SSSR count). The average Bonchev–Trinajstić information content (AvgIpc) is 3.04. The summed E-state index contributed by atoms with van der Waals surface area (Å²) in [6.45, 7) is 1.99. The van der Waals surface area contributed by atoms with E-state index in [2.05, 4.69) is 16.0 Å². The highest BCUT2D eigenvalue weighted by atomic mass is 16.3. The van der Waals surface area contributed by atoms with E-state index in [-0.39, 0.29) is 11.0 Å². The molecule has 0 saturated carbocycles. The Labute approximate surface area is 142 Å². The molecule has 120 valence electrons. The molecule has 0 fully saturated rings. The van der Waals surface area contributed by atoms with Crippen LogP contribution in [-0.2, 0) is 0 Å². The molecule has 2 heterocycles. The molecule has 0 atom stereocenters. The van der Waals surface area contributed by atoms with Gasteiger partial charge in [0.1, 0.15) is 23.7 Å².